The van der Waals surface area contributed by atoms with Crippen LogP contribution >= 0.6 is 15.9 Å². The van der Waals surface area contributed by atoms with Crippen molar-refractivity contribution >= 4 is 39.6 Å². The number of hydrogen-bond donors (Lipinski definition) is 2. The lowest BCUT2D eigenvalue weighted by Crippen LogP contribution is -2.21. The number of para-hydroxylation sites is 1. The van der Waals surface area contributed by atoms with E-state index in [4.69, 9.17) is 0 Å². The van der Waals surface area contributed by atoms with E-state index < -0.39 is 5.91 Å². The van der Waals surface area contributed by atoms with Crippen LogP contribution in [0.4, 0.5) is 5.69 Å². The molecule has 0 saturated carbocycles. The predicted molar refractivity (Wildman–Crippen MR) is 115 cm³/mol. The number of halogens is 1. The largest absolute Gasteiger partial charge is 0.321 e. The number of carbonyl (C=O) groups is 2. The molecule has 0 saturated heterocycles. The lowest BCUT2D eigenvalue weighted by Gasteiger charge is -2.10. The molecule has 140 valence electrons. The number of carbonyl (C=O) groups excluding carboxylic acids is 2. The molecule has 0 bridgehead atoms. The first-order valence-electron chi connectivity index (χ1n) is 8.59. The monoisotopic (exact) mass is 435 g/mol. The molecule has 6 heteroatoms. The molecule has 0 atom stereocenters. The maximum absolute atomic E-state index is 12.5. The van der Waals surface area contributed by atoms with Crippen molar-refractivity contribution in [3.05, 3.63) is 99.5 Å². The number of hydrogen-bond acceptors (Lipinski definition) is 3. The third kappa shape index (κ3) is 4.92. The summed E-state index contributed by atoms with van der Waals surface area (Å²) in [4.78, 5) is 25.0. The summed E-state index contributed by atoms with van der Waals surface area (Å²) in [5, 5.41) is 6.78. The second-order valence-electron chi connectivity index (χ2n) is 6.09. The molecule has 2 N–H and O–H groups in total. The number of hydrazone groups is 1. The van der Waals surface area contributed by atoms with Gasteiger partial charge in [0.1, 0.15) is 0 Å². The van der Waals surface area contributed by atoms with Crippen LogP contribution in [0.3, 0.4) is 0 Å². The molecular formula is C22H18BrN3O2. The Morgan fingerprint density at radius 3 is 2.21 bits per heavy atom. The molecule has 0 spiro atoms. The fourth-order valence-electron chi connectivity index (χ4n) is 2.50. The van der Waals surface area contributed by atoms with Crippen molar-refractivity contribution in [2.24, 2.45) is 5.10 Å². The highest BCUT2D eigenvalue weighted by Gasteiger charge is 2.15. The number of aryl methyl sites for hydroxylation is 1. The summed E-state index contributed by atoms with van der Waals surface area (Å²) >= 11 is 3.36. The van der Waals surface area contributed by atoms with Crippen LogP contribution in [0, 0.1) is 6.92 Å². The third-order valence-electron chi connectivity index (χ3n) is 4.00. The van der Waals surface area contributed by atoms with Gasteiger partial charge in [0, 0.05) is 4.47 Å². The summed E-state index contributed by atoms with van der Waals surface area (Å²) in [6, 6.07) is 21.6. The number of nitrogens with zero attached hydrogens (tertiary/aromatic N) is 1. The van der Waals surface area contributed by atoms with Crippen molar-refractivity contribution in [1.82, 2.24) is 5.43 Å². The number of nitrogens with one attached hydrogen (secondary N) is 2. The van der Waals surface area contributed by atoms with Crippen LogP contribution in [0.25, 0.3) is 0 Å². The Balaban J connectivity index is 1.72. The molecule has 0 aliphatic heterocycles. The van der Waals surface area contributed by atoms with E-state index in [1.807, 2.05) is 37.3 Å². The Kier molecular flexibility index (Phi) is 6.34. The highest BCUT2D eigenvalue weighted by atomic mass is 79.9. The predicted octanol–water partition coefficient (Wildman–Crippen LogP) is 4.77. The first-order chi connectivity index (χ1) is 13.5. The molecule has 0 unspecified atom stereocenters. The summed E-state index contributed by atoms with van der Waals surface area (Å²) in [5.74, 6) is -0.720. The van der Waals surface area contributed by atoms with Crippen molar-refractivity contribution in [3.63, 3.8) is 0 Å². The van der Waals surface area contributed by atoms with Crippen molar-refractivity contribution in [2.75, 3.05) is 5.32 Å². The van der Waals surface area contributed by atoms with Crippen LogP contribution in [-0.2, 0) is 0 Å². The molecule has 0 aliphatic carbocycles. The maximum atomic E-state index is 12.5. The fraction of sp³-hybridized carbons (Fsp3) is 0.0455. The van der Waals surface area contributed by atoms with Gasteiger partial charge in [0.25, 0.3) is 11.8 Å². The van der Waals surface area contributed by atoms with E-state index in [0.29, 0.717) is 21.3 Å². The van der Waals surface area contributed by atoms with E-state index in [1.165, 1.54) is 0 Å². The summed E-state index contributed by atoms with van der Waals surface area (Å²) in [5.41, 5.74) is 5.74. The van der Waals surface area contributed by atoms with Crippen molar-refractivity contribution in [2.45, 2.75) is 6.92 Å². The van der Waals surface area contributed by atoms with Crippen LogP contribution in [0.2, 0.25) is 0 Å². The number of benzene rings is 3. The van der Waals surface area contributed by atoms with Crippen LogP contribution in [0.5, 0.6) is 0 Å². The molecule has 0 aromatic heterocycles. The quantitative estimate of drug-likeness (QED) is 0.447. The Hall–Kier alpha value is -3.25. The minimum atomic E-state index is -0.411. The van der Waals surface area contributed by atoms with Gasteiger partial charge < -0.3 is 5.32 Å². The Morgan fingerprint density at radius 2 is 1.50 bits per heavy atom. The summed E-state index contributed by atoms with van der Waals surface area (Å²) in [7, 11) is 0. The van der Waals surface area contributed by atoms with Gasteiger partial charge in [0.2, 0.25) is 0 Å². The van der Waals surface area contributed by atoms with Gasteiger partial charge >= 0.3 is 0 Å². The maximum Gasteiger partial charge on any atom is 0.273 e. The highest BCUT2D eigenvalue weighted by molar-refractivity contribution is 9.10. The van der Waals surface area contributed by atoms with Crippen molar-refractivity contribution in [1.29, 1.82) is 0 Å². The van der Waals surface area contributed by atoms with Gasteiger partial charge in [-0.1, -0.05) is 54.1 Å². The molecule has 2 amide bonds. The van der Waals surface area contributed by atoms with E-state index in [9.17, 15) is 9.59 Å². The summed E-state index contributed by atoms with van der Waals surface area (Å²) in [6.07, 6.45) is 1.57. The van der Waals surface area contributed by atoms with E-state index in [1.54, 1.807) is 48.7 Å². The molecule has 3 aromatic carbocycles. The summed E-state index contributed by atoms with van der Waals surface area (Å²) in [6.45, 7) is 2.00. The first-order valence-corrected chi connectivity index (χ1v) is 9.39. The zero-order valence-electron chi connectivity index (χ0n) is 15.1. The fourth-order valence-corrected chi connectivity index (χ4v) is 2.97. The summed E-state index contributed by atoms with van der Waals surface area (Å²) < 4.78 is 0.678. The highest BCUT2D eigenvalue weighted by Crippen LogP contribution is 2.20. The normalized spacial score (nSPS) is 10.6. The molecule has 0 heterocycles. The van der Waals surface area contributed by atoms with E-state index in [2.05, 4.69) is 31.8 Å². The van der Waals surface area contributed by atoms with Crippen LogP contribution < -0.4 is 10.7 Å². The Morgan fingerprint density at radius 1 is 0.857 bits per heavy atom. The SMILES string of the molecule is Cc1ccc(/C=N/NC(=O)c2ccccc2NC(=O)c2ccccc2Br)cc1. The van der Waals surface area contributed by atoms with Gasteiger partial charge in [0.05, 0.1) is 23.0 Å². The molecule has 28 heavy (non-hydrogen) atoms. The van der Waals surface area contributed by atoms with Crippen LogP contribution in [0.15, 0.2) is 82.4 Å². The minimum Gasteiger partial charge on any atom is -0.321 e. The van der Waals surface area contributed by atoms with Gasteiger partial charge in [-0.05, 0) is 52.7 Å². The second kappa shape index (κ2) is 9.10. The molecule has 0 fully saturated rings. The molecule has 5 nitrogen and oxygen atoms in total. The number of amides is 2. The van der Waals surface area contributed by atoms with Gasteiger partial charge in [-0.25, -0.2) is 5.43 Å². The average Bonchev–Trinajstić information content (AvgIpc) is 2.70. The van der Waals surface area contributed by atoms with Crippen molar-refractivity contribution in [3.8, 4) is 0 Å². The van der Waals surface area contributed by atoms with Gasteiger partial charge in [-0.3, -0.25) is 9.59 Å². The van der Waals surface area contributed by atoms with Gasteiger partial charge in [-0.15, -0.1) is 0 Å². The molecule has 3 aromatic rings. The minimum absolute atomic E-state index is 0.309. The standard InChI is InChI=1S/C22H18BrN3O2/c1-15-10-12-16(13-11-15)14-24-26-22(28)18-7-3-5-9-20(18)25-21(27)17-6-2-4-8-19(17)23/h2-14H,1H3,(H,25,27)(H,26,28)/b24-14+. The second-order valence-corrected chi connectivity index (χ2v) is 6.94. The number of anilines is 1. The zero-order valence-corrected chi connectivity index (χ0v) is 16.7. The number of rotatable bonds is 5. The average molecular weight is 436 g/mol. The molecule has 0 aliphatic rings. The third-order valence-corrected chi connectivity index (χ3v) is 4.69. The zero-order chi connectivity index (χ0) is 19.9. The molecule has 3 rings (SSSR count). The van der Waals surface area contributed by atoms with Crippen LogP contribution in [0.1, 0.15) is 31.8 Å². The van der Waals surface area contributed by atoms with Gasteiger partial charge in [-0.2, -0.15) is 5.10 Å². The Labute approximate surface area is 171 Å². The first kappa shape index (κ1) is 19.5. The van der Waals surface area contributed by atoms with Gasteiger partial charge in [0.15, 0.2) is 0 Å². The lowest BCUT2D eigenvalue weighted by molar-refractivity contribution is 0.0956. The van der Waals surface area contributed by atoms with Crippen molar-refractivity contribution < 1.29 is 9.59 Å². The smallest absolute Gasteiger partial charge is 0.273 e. The molecular weight excluding hydrogens is 418 g/mol. The van der Waals surface area contributed by atoms with E-state index >= 15 is 0 Å². The lowest BCUT2D eigenvalue weighted by atomic mass is 10.1. The van der Waals surface area contributed by atoms with E-state index in [0.717, 1.165) is 11.1 Å². The topological polar surface area (TPSA) is 70.6 Å². The van der Waals surface area contributed by atoms with Crippen LogP contribution in [-0.4, -0.2) is 18.0 Å². The Bertz CT molecular complexity index is 1030. The molecule has 0 radical (unpaired) electrons. The van der Waals surface area contributed by atoms with E-state index in [-0.39, 0.29) is 5.91 Å².